The maximum Gasteiger partial charge on any atom is 0.296 e. The Morgan fingerprint density at radius 1 is 0.690 bits per heavy atom. The van der Waals surface area contributed by atoms with Crippen LogP contribution in [-0.2, 0) is 0 Å². The van der Waals surface area contributed by atoms with Gasteiger partial charge in [0.05, 0.1) is 11.9 Å². The average Bonchev–Trinajstić information content (AvgIpc) is 2.78. The first-order valence-electron chi connectivity index (χ1n) is 9.25. The van der Waals surface area contributed by atoms with Gasteiger partial charge in [-0.05, 0) is 41.1 Å². The topological polar surface area (TPSA) is 51.1 Å². The fourth-order valence-electron chi connectivity index (χ4n) is 2.95. The summed E-state index contributed by atoms with van der Waals surface area (Å²) in [6.07, 6.45) is 0.341. The Bertz CT molecular complexity index is 1060. The lowest BCUT2D eigenvalue weighted by Crippen LogP contribution is -2.11. The third-order valence-corrected chi connectivity index (χ3v) is 5.77. The highest BCUT2D eigenvalue weighted by atomic mass is 31.2. The van der Waals surface area contributed by atoms with Gasteiger partial charge in [-0.2, -0.15) is 0 Å². The molecule has 0 amide bonds. The van der Waals surface area contributed by atoms with Crippen molar-refractivity contribution in [2.75, 3.05) is 6.16 Å². The van der Waals surface area contributed by atoms with Crippen molar-refractivity contribution in [3.05, 3.63) is 109 Å². The first-order valence-corrected chi connectivity index (χ1v) is 10.6. The van der Waals surface area contributed by atoms with Crippen molar-refractivity contribution < 1.29 is 14.3 Å². The van der Waals surface area contributed by atoms with Gasteiger partial charge in [-0.25, -0.2) is 0 Å². The molecule has 0 heterocycles. The van der Waals surface area contributed by atoms with Gasteiger partial charge in [-0.15, -0.1) is 0 Å². The lowest BCUT2D eigenvalue weighted by Gasteiger charge is -2.19. The standard InChI is InChI=1S/C24H20NO3P/c26-25-24(21-16-15-19-9-7-8-10-20(19)17-21)18-29(27-22-11-3-1-4-12-22)28-23-13-5-2-6-14-23/h1-17,26H,18H2. The van der Waals surface area contributed by atoms with Crippen molar-refractivity contribution >= 4 is 24.9 Å². The minimum absolute atomic E-state index is 0.341. The highest BCUT2D eigenvalue weighted by Crippen LogP contribution is 2.41. The molecule has 144 valence electrons. The number of oxime groups is 1. The molecule has 0 aliphatic carbocycles. The molecule has 29 heavy (non-hydrogen) atoms. The molecule has 0 spiro atoms. The van der Waals surface area contributed by atoms with Gasteiger partial charge >= 0.3 is 0 Å². The van der Waals surface area contributed by atoms with Crippen LogP contribution < -0.4 is 9.05 Å². The van der Waals surface area contributed by atoms with Gasteiger partial charge < -0.3 is 14.3 Å². The van der Waals surface area contributed by atoms with Crippen LogP contribution in [0.2, 0.25) is 0 Å². The Kier molecular flexibility index (Phi) is 6.04. The van der Waals surface area contributed by atoms with E-state index in [-0.39, 0.29) is 0 Å². The molecule has 0 fully saturated rings. The molecular weight excluding hydrogens is 381 g/mol. The van der Waals surface area contributed by atoms with Gasteiger partial charge in [-0.3, -0.25) is 0 Å². The van der Waals surface area contributed by atoms with E-state index >= 15 is 0 Å². The smallest absolute Gasteiger partial charge is 0.296 e. The number of benzene rings is 4. The molecule has 0 bridgehead atoms. The molecule has 0 aliphatic heterocycles. The SMILES string of the molecule is ON=C(CP(Oc1ccccc1)Oc1ccccc1)c1ccc2ccccc2c1. The molecule has 0 atom stereocenters. The summed E-state index contributed by atoms with van der Waals surface area (Å²) >= 11 is 0. The zero-order chi connectivity index (χ0) is 19.9. The molecule has 0 radical (unpaired) electrons. The zero-order valence-electron chi connectivity index (χ0n) is 15.7. The molecule has 5 heteroatoms. The van der Waals surface area contributed by atoms with Crippen LogP contribution >= 0.6 is 8.38 Å². The second-order valence-electron chi connectivity index (χ2n) is 6.41. The number of hydrogen-bond acceptors (Lipinski definition) is 4. The normalized spacial score (nSPS) is 11.6. The predicted molar refractivity (Wildman–Crippen MR) is 118 cm³/mol. The summed E-state index contributed by atoms with van der Waals surface area (Å²) in [6.45, 7) is 0. The molecule has 4 aromatic carbocycles. The van der Waals surface area contributed by atoms with Crippen LogP contribution in [0, 0.1) is 0 Å². The quantitative estimate of drug-likeness (QED) is 0.167. The fourth-order valence-corrected chi connectivity index (χ4v) is 4.32. The lowest BCUT2D eigenvalue weighted by atomic mass is 10.0. The van der Waals surface area contributed by atoms with E-state index in [4.69, 9.17) is 9.05 Å². The number of nitrogens with zero attached hydrogens (tertiary/aromatic N) is 1. The monoisotopic (exact) mass is 401 g/mol. The van der Waals surface area contributed by atoms with Crippen LogP contribution in [0.3, 0.4) is 0 Å². The molecule has 1 N–H and O–H groups in total. The number of fused-ring (bicyclic) bond motifs is 1. The van der Waals surface area contributed by atoms with Gasteiger partial charge in [0.1, 0.15) is 11.5 Å². The Hall–Kier alpha value is -3.36. The number of rotatable bonds is 7. The van der Waals surface area contributed by atoms with Crippen LogP contribution in [0.15, 0.2) is 108 Å². The second kappa shape index (κ2) is 9.22. The maximum absolute atomic E-state index is 9.72. The maximum atomic E-state index is 9.72. The van der Waals surface area contributed by atoms with Gasteiger partial charge in [0.2, 0.25) is 0 Å². The summed E-state index contributed by atoms with van der Waals surface area (Å²) in [4.78, 5) is 0. The van der Waals surface area contributed by atoms with Crippen molar-refractivity contribution in [3.8, 4) is 11.5 Å². The van der Waals surface area contributed by atoms with Crippen molar-refractivity contribution in [1.82, 2.24) is 0 Å². The summed E-state index contributed by atoms with van der Waals surface area (Å²) in [6, 6.07) is 33.1. The van der Waals surface area contributed by atoms with Crippen LogP contribution in [-0.4, -0.2) is 17.1 Å². The highest BCUT2D eigenvalue weighted by Gasteiger charge is 2.20. The number of hydrogen-bond donors (Lipinski definition) is 1. The molecule has 0 saturated heterocycles. The van der Waals surface area contributed by atoms with Gasteiger partial charge in [0.15, 0.2) is 0 Å². The largest absolute Gasteiger partial charge is 0.438 e. The van der Waals surface area contributed by atoms with Crippen LogP contribution in [0.4, 0.5) is 0 Å². The third kappa shape index (κ3) is 4.92. The Labute approximate surface area is 171 Å². The fraction of sp³-hybridized carbons (Fsp3) is 0.0417. The van der Waals surface area contributed by atoms with Crippen molar-refractivity contribution in [2.45, 2.75) is 0 Å². The molecule has 0 aliphatic rings. The molecular formula is C24H20NO3P. The van der Waals surface area contributed by atoms with E-state index in [1.165, 1.54) is 0 Å². The van der Waals surface area contributed by atoms with Crippen molar-refractivity contribution in [3.63, 3.8) is 0 Å². The van der Waals surface area contributed by atoms with E-state index in [9.17, 15) is 5.21 Å². The summed E-state index contributed by atoms with van der Waals surface area (Å²) in [5.74, 6) is 1.43. The van der Waals surface area contributed by atoms with E-state index in [0.29, 0.717) is 23.4 Å². The summed E-state index contributed by atoms with van der Waals surface area (Å²) < 4.78 is 12.2. The molecule has 4 nitrogen and oxygen atoms in total. The Balaban J connectivity index is 1.60. The first kappa shape index (κ1) is 19.0. The van der Waals surface area contributed by atoms with E-state index in [0.717, 1.165) is 16.3 Å². The molecule has 0 aromatic heterocycles. The van der Waals surface area contributed by atoms with Crippen molar-refractivity contribution in [1.29, 1.82) is 0 Å². The van der Waals surface area contributed by atoms with E-state index in [1.807, 2.05) is 97.1 Å². The minimum atomic E-state index is -1.42. The average molecular weight is 401 g/mol. The molecule has 0 unspecified atom stereocenters. The Morgan fingerprint density at radius 2 is 1.24 bits per heavy atom. The zero-order valence-corrected chi connectivity index (χ0v) is 16.6. The molecule has 4 rings (SSSR count). The van der Waals surface area contributed by atoms with Gasteiger partial charge in [0.25, 0.3) is 8.38 Å². The van der Waals surface area contributed by atoms with E-state index in [2.05, 4.69) is 11.2 Å². The number of para-hydroxylation sites is 2. The lowest BCUT2D eigenvalue weighted by molar-refractivity contribution is 0.319. The molecule has 4 aromatic rings. The molecule has 0 saturated carbocycles. The van der Waals surface area contributed by atoms with Gasteiger partial charge in [0, 0.05) is 5.56 Å². The Morgan fingerprint density at radius 3 is 1.83 bits per heavy atom. The summed E-state index contributed by atoms with van der Waals surface area (Å²) in [5, 5.41) is 15.5. The van der Waals surface area contributed by atoms with Gasteiger partial charge in [-0.1, -0.05) is 78.0 Å². The van der Waals surface area contributed by atoms with Crippen LogP contribution in [0.5, 0.6) is 11.5 Å². The minimum Gasteiger partial charge on any atom is -0.438 e. The van der Waals surface area contributed by atoms with Crippen molar-refractivity contribution in [2.24, 2.45) is 5.16 Å². The first-order chi connectivity index (χ1) is 14.3. The van der Waals surface area contributed by atoms with E-state index < -0.39 is 8.38 Å². The third-order valence-electron chi connectivity index (χ3n) is 4.38. The highest BCUT2D eigenvalue weighted by molar-refractivity contribution is 7.49. The second-order valence-corrected chi connectivity index (χ2v) is 7.75. The van der Waals surface area contributed by atoms with E-state index in [1.54, 1.807) is 0 Å². The van der Waals surface area contributed by atoms with Crippen LogP contribution in [0.1, 0.15) is 5.56 Å². The summed E-state index contributed by atoms with van der Waals surface area (Å²) in [5.41, 5.74) is 1.36. The summed E-state index contributed by atoms with van der Waals surface area (Å²) in [7, 11) is -1.42. The van der Waals surface area contributed by atoms with Crippen LogP contribution in [0.25, 0.3) is 10.8 Å². The predicted octanol–water partition coefficient (Wildman–Crippen LogP) is 6.49.